The number of allylic oxidation sites excluding steroid dienone is 1. The van der Waals surface area contributed by atoms with E-state index in [-0.39, 0.29) is 12.6 Å². The van der Waals surface area contributed by atoms with Crippen LogP contribution in [0.3, 0.4) is 0 Å². The molecule has 0 heterocycles. The zero-order chi connectivity index (χ0) is 17.2. The number of unbranched alkanes of at least 4 members (excludes halogenated alkanes) is 11. The van der Waals surface area contributed by atoms with Crippen LogP contribution in [0.4, 0.5) is 0 Å². The van der Waals surface area contributed by atoms with Gasteiger partial charge >= 0.3 is 8.60 Å². The Morgan fingerprint density at radius 2 is 1.39 bits per heavy atom. The van der Waals surface area contributed by atoms with E-state index in [0.717, 1.165) is 12.8 Å². The number of nitrogens with two attached hydrogens (primary N) is 1. The second kappa shape index (κ2) is 18.4. The third-order valence-corrected chi connectivity index (χ3v) is 4.36. The second-order valence-corrected chi connectivity index (χ2v) is 7.10. The summed E-state index contributed by atoms with van der Waals surface area (Å²) in [5.41, 5.74) is 5.78. The van der Waals surface area contributed by atoms with E-state index in [1.807, 2.05) is 0 Å². The van der Waals surface area contributed by atoms with Crippen molar-refractivity contribution in [2.24, 2.45) is 5.73 Å². The molecule has 0 amide bonds. The van der Waals surface area contributed by atoms with Gasteiger partial charge in [-0.3, -0.25) is 0 Å². The Kier molecular flexibility index (Phi) is 18.4. The molecule has 0 saturated heterocycles. The molecule has 5 heteroatoms. The Hall–Kier alpha value is 0.0100. The lowest BCUT2D eigenvalue weighted by atomic mass is 10.1. The summed E-state index contributed by atoms with van der Waals surface area (Å²) in [6.07, 6.45) is 21.2. The summed E-state index contributed by atoms with van der Waals surface area (Å²) in [6, 6.07) is -0.159. The molecule has 1 atom stereocenters. The SMILES string of the molecule is CCCCCCCCCCCCC/C=C/C[C@@H](N)COP(O)O. The van der Waals surface area contributed by atoms with E-state index in [4.69, 9.17) is 20.0 Å². The fourth-order valence-corrected chi connectivity index (χ4v) is 2.87. The molecule has 0 unspecified atom stereocenters. The van der Waals surface area contributed by atoms with Crippen LogP contribution >= 0.6 is 8.60 Å². The molecule has 4 N–H and O–H groups in total. The van der Waals surface area contributed by atoms with Crippen LogP contribution < -0.4 is 5.73 Å². The van der Waals surface area contributed by atoms with Gasteiger partial charge in [0.15, 0.2) is 0 Å². The van der Waals surface area contributed by atoms with E-state index >= 15 is 0 Å². The molecule has 0 aliphatic carbocycles. The fourth-order valence-electron chi connectivity index (χ4n) is 2.55. The van der Waals surface area contributed by atoms with Crippen LogP contribution in [0.25, 0.3) is 0 Å². The normalized spacial score (nSPS) is 13.3. The monoisotopic (exact) mass is 347 g/mol. The molecule has 0 spiro atoms. The van der Waals surface area contributed by atoms with Gasteiger partial charge in [-0.15, -0.1) is 0 Å². The van der Waals surface area contributed by atoms with Crippen LogP contribution in [0.2, 0.25) is 0 Å². The predicted molar refractivity (Wildman–Crippen MR) is 100 cm³/mol. The highest BCUT2D eigenvalue weighted by molar-refractivity contribution is 7.39. The summed E-state index contributed by atoms with van der Waals surface area (Å²) in [7, 11) is -2.27. The first kappa shape index (κ1) is 23.0. The Morgan fingerprint density at radius 1 is 0.870 bits per heavy atom. The maximum atomic E-state index is 8.62. The molecular weight excluding hydrogens is 309 g/mol. The minimum absolute atomic E-state index is 0.159. The van der Waals surface area contributed by atoms with Gasteiger partial charge in [0.05, 0.1) is 6.61 Å². The average Bonchev–Trinajstić information content (AvgIpc) is 2.53. The highest BCUT2D eigenvalue weighted by Gasteiger charge is 2.04. The Labute approximate surface area is 144 Å². The molecule has 0 saturated carbocycles. The number of rotatable bonds is 17. The largest absolute Gasteiger partial charge is 0.328 e. The quantitative estimate of drug-likeness (QED) is 0.192. The predicted octanol–water partition coefficient (Wildman–Crippen LogP) is 5.19. The summed E-state index contributed by atoms with van der Waals surface area (Å²) in [5, 5.41) is 0. The highest BCUT2D eigenvalue weighted by atomic mass is 31.2. The molecule has 0 aromatic carbocycles. The summed E-state index contributed by atoms with van der Waals surface area (Å²) < 4.78 is 4.69. The molecule has 0 aliphatic heterocycles. The van der Waals surface area contributed by atoms with E-state index in [2.05, 4.69) is 19.1 Å². The van der Waals surface area contributed by atoms with Gasteiger partial charge in [-0.2, -0.15) is 0 Å². The lowest BCUT2D eigenvalue weighted by molar-refractivity contribution is 0.238. The van der Waals surface area contributed by atoms with Crippen LogP contribution in [0.5, 0.6) is 0 Å². The minimum Gasteiger partial charge on any atom is -0.328 e. The van der Waals surface area contributed by atoms with Crippen molar-refractivity contribution < 1.29 is 14.3 Å². The summed E-state index contributed by atoms with van der Waals surface area (Å²) in [4.78, 5) is 17.2. The van der Waals surface area contributed by atoms with Crippen molar-refractivity contribution >= 4 is 8.60 Å². The van der Waals surface area contributed by atoms with Crippen molar-refractivity contribution in [2.45, 2.75) is 96.4 Å². The van der Waals surface area contributed by atoms with Crippen molar-refractivity contribution in [1.82, 2.24) is 0 Å². The first-order valence-electron chi connectivity index (χ1n) is 9.38. The molecule has 0 aromatic heterocycles. The van der Waals surface area contributed by atoms with Crippen LogP contribution in [0, 0.1) is 0 Å². The van der Waals surface area contributed by atoms with Crippen LogP contribution in [-0.4, -0.2) is 22.4 Å². The zero-order valence-electron chi connectivity index (χ0n) is 15.0. The van der Waals surface area contributed by atoms with Gasteiger partial charge in [-0.05, 0) is 19.3 Å². The van der Waals surface area contributed by atoms with Gasteiger partial charge < -0.3 is 20.0 Å². The van der Waals surface area contributed by atoms with Crippen molar-refractivity contribution in [1.29, 1.82) is 0 Å². The van der Waals surface area contributed by atoms with E-state index in [0.29, 0.717) is 0 Å². The third-order valence-electron chi connectivity index (χ3n) is 3.98. The first-order valence-corrected chi connectivity index (χ1v) is 10.5. The van der Waals surface area contributed by atoms with Crippen molar-refractivity contribution in [2.75, 3.05) is 6.61 Å². The van der Waals surface area contributed by atoms with Crippen molar-refractivity contribution in [3.8, 4) is 0 Å². The summed E-state index contributed by atoms with van der Waals surface area (Å²) in [5.74, 6) is 0. The fraction of sp³-hybridized carbons (Fsp3) is 0.889. The van der Waals surface area contributed by atoms with E-state index in [1.54, 1.807) is 0 Å². The highest BCUT2D eigenvalue weighted by Crippen LogP contribution is 2.24. The van der Waals surface area contributed by atoms with Gasteiger partial charge in [-0.25, -0.2) is 0 Å². The molecule has 138 valence electrons. The van der Waals surface area contributed by atoms with Gasteiger partial charge in [0, 0.05) is 6.04 Å². The topological polar surface area (TPSA) is 75.7 Å². The van der Waals surface area contributed by atoms with E-state index < -0.39 is 8.60 Å². The Bertz CT molecular complexity index is 263. The van der Waals surface area contributed by atoms with Gasteiger partial charge in [0.1, 0.15) is 0 Å². The standard InChI is InChI=1S/C18H38NO3P/c1-2-3-4-5-6-7-8-9-10-11-12-13-14-15-16-18(19)17-22-23(20)21/h14-15,18,20-21H,2-13,16-17,19H2,1H3/b15-14+/t18-/m1/s1. The Balaban J connectivity index is 3.19. The Morgan fingerprint density at radius 3 is 1.91 bits per heavy atom. The summed E-state index contributed by atoms with van der Waals surface area (Å²) >= 11 is 0. The molecule has 4 nitrogen and oxygen atoms in total. The molecule has 0 aromatic rings. The molecule has 23 heavy (non-hydrogen) atoms. The maximum Gasteiger partial charge on any atom is 0.327 e. The lowest BCUT2D eigenvalue weighted by Crippen LogP contribution is -2.24. The van der Waals surface area contributed by atoms with Gasteiger partial charge in [0.25, 0.3) is 0 Å². The lowest BCUT2D eigenvalue weighted by Gasteiger charge is -2.09. The third kappa shape index (κ3) is 20.0. The molecule has 0 bridgehead atoms. The molecule has 0 radical (unpaired) electrons. The molecular formula is C18H38NO3P. The van der Waals surface area contributed by atoms with Crippen molar-refractivity contribution in [3.63, 3.8) is 0 Å². The van der Waals surface area contributed by atoms with Crippen LogP contribution in [0.15, 0.2) is 12.2 Å². The van der Waals surface area contributed by atoms with Gasteiger partial charge in [0.2, 0.25) is 0 Å². The molecule has 0 rings (SSSR count). The van der Waals surface area contributed by atoms with Crippen LogP contribution in [0.1, 0.15) is 90.4 Å². The number of hydrogen-bond donors (Lipinski definition) is 3. The van der Waals surface area contributed by atoms with E-state index in [1.165, 1.54) is 70.6 Å². The smallest absolute Gasteiger partial charge is 0.327 e. The number of hydrogen-bond acceptors (Lipinski definition) is 4. The second-order valence-electron chi connectivity index (χ2n) is 6.34. The summed E-state index contributed by atoms with van der Waals surface area (Å²) in [6.45, 7) is 2.46. The molecule has 0 aliphatic rings. The zero-order valence-corrected chi connectivity index (χ0v) is 15.9. The first-order chi connectivity index (χ1) is 11.2. The maximum absolute atomic E-state index is 8.62. The molecule has 0 fully saturated rings. The average molecular weight is 347 g/mol. The van der Waals surface area contributed by atoms with Gasteiger partial charge in [-0.1, -0.05) is 83.3 Å². The van der Waals surface area contributed by atoms with E-state index in [9.17, 15) is 0 Å². The minimum atomic E-state index is -2.27. The van der Waals surface area contributed by atoms with Crippen molar-refractivity contribution in [3.05, 3.63) is 12.2 Å². The van der Waals surface area contributed by atoms with Crippen LogP contribution in [-0.2, 0) is 4.52 Å².